The molecule has 8 heteroatoms. The van der Waals surface area contributed by atoms with Crippen molar-refractivity contribution in [1.29, 1.82) is 0 Å². The lowest BCUT2D eigenvalue weighted by Crippen LogP contribution is -2.44. The number of carbonyl (C=O) groups is 3. The average molecular weight is 393 g/mol. The van der Waals surface area contributed by atoms with Crippen LogP contribution in [-0.4, -0.2) is 46.4 Å². The van der Waals surface area contributed by atoms with Gasteiger partial charge in [-0.25, -0.2) is 9.59 Å². The first-order valence-electron chi connectivity index (χ1n) is 8.75. The molecule has 4 rings (SSSR count). The van der Waals surface area contributed by atoms with E-state index in [4.69, 9.17) is 4.74 Å². The molecule has 1 spiro atoms. The predicted octanol–water partition coefficient (Wildman–Crippen LogP) is 2.94. The molecule has 2 aliphatic heterocycles. The van der Waals surface area contributed by atoms with E-state index in [-0.39, 0.29) is 12.5 Å². The Morgan fingerprint density at radius 3 is 2.46 bits per heavy atom. The maximum Gasteiger partial charge on any atom is 0.331 e. The third kappa shape index (κ3) is 3.32. The number of amides is 3. The van der Waals surface area contributed by atoms with Gasteiger partial charge in [-0.1, -0.05) is 25.0 Å². The SMILES string of the molecule is O=C(CN1C(=O)NC2(CCCC2)C1=O)Oc1ccc(C2SCCS2)cc1. The number of ether oxygens (including phenoxy) is 1. The van der Waals surface area contributed by atoms with Crippen LogP contribution in [0.2, 0.25) is 0 Å². The number of imide groups is 1. The molecule has 26 heavy (non-hydrogen) atoms. The molecule has 2 heterocycles. The zero-order valence-corrected chi connectivity index (χ0v) is 15.9. The molecule has 1 saturated carbocycles. The van der Waals surface area contributed by atoms with Crippen molar-refractivity contribution in [3.63, 3.8) is 0 Å². The van der Waals surface area contributed by atoms with Crippen LogP contribution in [0, 0.1) is 0 Å². The van der Waals surface area contributed by atoms with Crippen LogP contribution in [-0.2, 0) is 9.59 Å². The minimum absolute atomic E-state index is 0.303. The molecule has 6 nitrogen and oxygen atoms in total. The van der Waals surface area contributed by atoms with Crippen LogP contribution in [0.1, 0.15) is 35.8 Å². The number of hydrogen-bond donors (Lipinski definition) is 1. The smallest absolute Gasteiger partial charge is 0.331 e. The Morgan fingerprint density at radius 2 is 1.81 bits per heavy atom. The van der Waals surface area contributed by atoms with Crippen molar-refractivity contribution < 1.29 is 19.1 Å². The summed E-state index contributed by atoms with van der Waals surface area (Å²) in [5.74, 6) is 1.82. The number of benzene rings is 1. The summed E-state index contributed by atoms with van der Waals surface area (Å²) >= 11 is 3.83. The van der Waals surface area contributed by atoms with Crippen LogP contribution < -0.4 is 10.1 Å². The topological polar surface area (TPSA) is 75.7 Å². The molecule has 1 aromatic carbocycles. The van der Waals surface area contributed by atoms with E-state index < -0.39 is 17.5 Å². The quantitative estimate of drug-likeness (QED) is 0.482. The van der Waals surface area contributed by atoms with Crippen LogP contribution in [0.25, 0.3) is 0 Å². The summed E-state index contributed by atoms with van der Waals surface area (Å²) in [6.07, 6.45) is 3.10. The first-order valence-corrected chi connectivity index (χ1v) is 10.9. The molecule has 1 aromatic rings. The predicted molar refractivity (Wildman–Crippen MR) is 101 cm³/mol. The number of hydrogen-bond acceptors (Lipinski definition) is 6. The summed E-state index contributed by atoms with van der Waals surface area (Å²) in [5, 5.41) is 2.76. The van der Waals surface area contributed by atoms with Crippen LogP contribution >= 0.6 is 23.5 Å². The second-order valence-electron chi connectivity index (χ2n) is 6.73. The minimum Gasteiger partial charge on any atom is -0.425 e. The average Bonchev–Trinajstić information content (AvgIpc) is 3.35. The Labute approximate surface area is 160 Å². The van der Waals surface area contributed by atoms with Crippen molar-refractivity contribution in [3.8, 4) is 5.75 Å². The van der Waals surface area contributed by atoms with Crippen molar-refractivity contribution in [1.82, 2.24) is 10.2 Å². The summed E-state index contributed by atoms with van der Waals surface area (Å²) in [7, 11) is 0. The molecule has 0 atom stereocenters. The Bertz CT molecular complexity index is 725. The molecule has 0 aromatic heterocycles. The van der Waals surface area contributed by atoms with Gasteiger partial charge in [0.15, 0.2) is 0 Å². The molecule has 0 unspecified atom stereocenters. The van der Waals surface area contributed by atoms with E-state index in [1.807, 2.05) is 35.7 Å². The molecule has 138 valence electrons. The minimum atomic E-state index is -0.796. The van der Waals surface area contributed by atoms with E-state index in [0.717, 1.165) is 29.2 Å². The van der Waals surface area contributed by atoms with E-state index in [9.17, 15) is 14.4 Å². The third-order valence-electron chi connectivity index (χ3n) is 5.00. The second-order valence-corrected chi connectivity index (χ2v) is 9.45. The fourth-order valence-corrected chi connectivity index (χ4v) is 6.53. The number of urea groups is 1. The summed E-state index contributed by atoms with van der Waals surface area (Å²) in [5.41, 5.74) is 0.407. The van der Waals surface area contributed by atoms with Gasteiger partial charge in [0.1, 0.15) is 17.8 Å². The van der Waals surface area contributed by atoms with Crippen LogP contribution in [0.3, 0.4) is 0 Å². The van der Waals surface area contributed by atoms with Crippen LogP contribution in [0.5, 0.6) is 5.75 Å². The first kappa shape index (κ1) is 17.7. The molecule has 3 aliphatic rings. The monoisotopic (exact) mass is 392 g/mol. The van der Waals surface area contributed by atoms with Crippen molar-refractivity contribution in [2.24, 2.45) is 0 Å². The standard InChI is InChI=1S/C18H20N2O4S2/c21-14(11-20-16(22)18(19-17(20)23)7-1-2-8-18)24-13-5-3-12(4-6-13)15-25-9-10-26-15/h3-6,15H,1-2,7-11H2,(H,19,23). The van der Waals surface area contributed by atoms with Crippen molar-refractivity contribution in [2.45, 2.75) is 35.8 Å². The van der Waals surface area contributed by atoms with E-state index in [1.165, 1.54) is 5.56 Å². The first-order chi connectivity index (χ1) is 12.6. The largest absolute Gasteiger partial charge is 0.425 e. The van der Waals surface area contributed by atoms with Gasteiger partial charge in [-0.05, 0) is 30.5 Å². The summed E-state index contributed by atoms with van der Waals surface area (Å²) in [6, 6.07) is 6.94. The van der Waals surface area contributed by atoms with Gasteiger partial charge in [0.05, 0.1) is 4.58 Å². The zero-order chi connectivity index (χ0) is 18.1. The number of thioether (sulfide) groups is 2. The van der Waals surface area contributed by atoms with Gasteiger partial charge in [-0.15, -0.1) is 23.5 Å². The van der Waals surface area contributed by atoms with Gasteiger partial charge in [0.2, 0.25) is 0 Å². The van der Waals surface area contributed by atoms with Gasteiger partial charge in [0.25, 0.3) is 5.91 Å². The summed E-state index contributed by atoms with van der Waals surface area (Å²) in [6.45, 7) is -0.359. The molecule has 0 bridgehead atoms. The molecular weight excluding hydrogens is 372 g/mol. The lowest BCUT2D eigenvalue weighted by Gasteiger charge is -2.19. The Balaban J connectivity index is 1.36. The Hall–Kier alpha value is -1.67. The number of rotatable bonds is 4. The number of carbonyl (C=O) groups excluding carboxylic acids is 3. The van der Waals surface area contributed by atoms with Crippen molar-refractivity contribution >= 4 is 41.4 Å². The number of esters is 1. The van der Waals surface area contributed by atoms with Crippen molar-refractivity contribution in [2.75, 3.05) is 18.1 Å². The maximum atomic E-state index is 12.5. The van der Waals surface area contributed by atoms with Gasteiger partial charge < -0.3 is 10.1 Å². The normalized spacial score (nSPS) is 22.2. The van der Waals surface area contributed by atoms with E-state index in [1.54, 1.807) is 12.1 Å². The fourth-order valence-electron chi connectivity index (χ4n) is 3.67. The highest BCUT2D eigenvalue weighted by Crippen LogP contribution is 2.45. The van der Waals surface area contributed by atoms with Gasteiger partial charge >= 0.3 is 12.0 Å². The Morgan fingerprint density at radius 1 is 1.15 bits per heavy atom. The van der Waals surface area contributed by atoms with E-state index in [2.05, 4.69) is 5.32 Å². The van der Waals surface area contributed by atoms with Crippen molar-refractivity contribution in [3.05, 3.63) is 29.8 Å². The lowest BCUT2D eigenvalue weighted by molar-refractivity contribution is -0.140. The van der Waals surface area contributed by atoms with Crippen LogP contribution in [0.4, 0.5) is 4.79 Å². The van der Waals surface area contributed by atoms with Crippen LogP contribution in [0.15, 0.2) is 24.3 Å². The number of nitrogens with one attached hydrogen (secondary N) is 1. The molecule has 0 radical (unpaired) electrons. The molecule has 1 N–H and O–H groups in total. The summed E-state index contributed by atoms with van der Waals surface area (Å²) < 4.78 is 5.75. The van der Waals surface area contributed by atoms with Gasteiger partial charge in [-0.3, -0.25) is 9.69 Å². The second kappa shape index (κ2) is 7.15. The molecule has 2 saturated heterocycles. The lowest BCUT2D eigenvalue weighted by atomic mass is 9.98. The molecule has 3 fully saturated rings. The highest BCUT2D eigenvalue weighted by atomic mass is 32.2. The van der Waals surface area contributed by atoms with E-state index in [0.29, 0.717) is 23.2 Å². The highest BCUT2D eigenvalue weighted by Gasteiger charge is 2.52. The highest BCUT2D eigenvalue weighted by molar-refractivity contribution is 8.19. The zero-order valence-electron chi connectivity index (χ0n) is 14.2. The van der Waals surface area contributed by atoms with E-state index >= 15 is 0 Å². The molecular formula is C18H20N2O4S2. The van der Waals surface area contributed by atoms with Gasteiger partial charge in [-0.2, -0.15) is 0 Å². The maximum absolute atomic E-state index is 12.5. The third-order valence-corrected chi connectivity index (χ3v) is 8.10. The number of nitrogens with zero attached hydrogens (tertiary/aromatic N) is 1. The fraction of sp³-hybridized carbons (Fsp3) is 0.500. The van der Waals surface area contributed by atoms with Gasteiger partial charge in [0, 0.05) is 11.5 Å². The molecule has 3 amide bonds. The summed E-state index contributed by atoms with van der Waals surface area (Å²) in [4.78, 5) is 37.8. The Kier molecular flexibility index (Phi) is 4.88. The molecule has 1 aliphatic carbocycles.